The van der Waals surface area contributed by atoms with Crippen LogP contribution < -0.4 is 10.6 Å². The number of carbonyl (C=O) groups is 2. The molecule has 0 aromatic heterocycles. The smallest absolute Gasteiger partial charge is 0.251 e. The zero-order valence-corrected chi connectivity index (χ0v) is 12.5. The lowest BCUT2D eigenvalue weighted by Gasteiger charge is -2.07. The second-order valence-electron chi connectivity index (χ2n) is 4.25. The highest BCUT2D eigenvalue weighted by Crippen LogP contribution is 2.11. The third-order valence-electron chi connectivity index (χ3n) is 2.62. The lowest BCUT2D eigenvalue weighted by atomic mass is 10.2. The average molecular weight is 351 g/mol. The van der Waals surface area contributed by atoms with Gasteiger partial charge in [0.25, 0.3) is 5.91 Å². The van der Waals surface area contributed by atoms with E-state index in [2.05, 4.69) is 26.6 Å². The lowest BCUT2D eigenvalue weighted by Crippen LogP contribution is -2.32. The van der Waals surface area contributed by atoms with E-state index in [1.54, 1.807) is 24.3 Å². The van der Waals surface area contributed by atoms with E-state index in [1.165, 1.54) is 24.3 Å². The second kappa shape index (κ2) is 6.99. The van der Waals surface area contributed by atoms with Crippen LogP contribution in [0.25, 0.3) is 0 Å². The molecule has 0 saturated heterocycles. The Hall–Kier alpha value is -2.21. The third-order valence-corrected chi connectivity index (χ3v) is 3.12. The zero-order chi connectivity index (χ0) is 15.2. The lowest BCUT2D eigenvalue weighted by molar-refractivity contribution is -0.115. The minimum atomic E-state index is -0.384. The zero-order valence-electron chi connectivity index (χ0n) is 10.9. The molecule has 0 spiro atoms. The Bertz CT molecular complexity index is 659. The second-order valence-corrected chi connectivity index (χ2v) is 5.16. The van der Waals surface area contributed by atoms with Crippen LogP contribution in [0, 0.1) is 5.82 Å². The molecule has 0 aliphatic carbocycles. The summed E-state index contributed by atoms with van der Waals surface area (Å²) in [5.74, 6) is -1.11. The van der Waals surface area contributed by atoms with E-state index >= 15 is 0 Å². The van der Waals surface area contributed by atoms with Gasteiger partial charge in [0.1, 0.15) is 5.82 Å². The maximum Gasteiger partial charge on any atom is 0.251 e. The van der Waals surface area contributed by atoms with Crippen molar-refractivity contribution in [3.63, 3.8) is 0 Å². The molecule has 0 radical (unpaired) electrons. The summed E-state index contributed by atoms with van der Waals surface area (Å²) in [4.78, 5) is 23.5. The topological polar surface area (TPSA) is 58.2 Å². The molecule has 0 saturated carbocycles. The van der Waals surface area contributed by atoms with E-state index in [0.29, 0.717) is 11.3 Å². The quantitative estimate of drug-likeness (QED) is 0.890. The minimum absolute atomic E-state index is 0.164. The fraction of sp³-hybridized carbons (Fsp3) is 0.0667. The van der Waals surface area contributed by atoms with Crippen molar-refractivity contribution in [2.45, 2.75) is 0 Å². The Kier molecular flexibility index (Phi) is 5.05. The standard InChI is InChI=1S/C15H12BrFN2O2/c16-11-3-1-2-10(8-11)15(21)18-9-14(20)19-13-6-4-12(17)5-7-13/h1-8H,9H2,(H,18,21)(H,19,20). The van der Waals surface area contributed by atoms with Crippen molar-refractivity contribution in [3.05, 3.63) is 64.4 Å². The molecule has 2 N–H and O–H groups in total. The van der Waals surface area contributed by atoms with Gasteiger partial charge in [0.15, 0.2) is 0 Å². The molecule has 2 amide bonds. The van der Waals surface area contributed by atoms with E-state index in [0.717, 1.165) is 4.47 Å². The molecule has 6 heteroatoms. The highest BCUT2D eigenvalue weighted by molar-refractivity contribution is 9.10. The first-order valence-electron chi connectivity index (χ1n) is 6.14. The number of hydrogen-bond acceptors (Lipinski definition) is 2. The van der Waals surface area contributed by atoms with Gasteiger partial charge in [-0.15, -0.1) is 0 Å². The Labute approximate surface area is 129 Å². The summed E-state index contributed by atoms with van der Waals surface area (Å²) in [6, 6.07) is 12.2. The van der Waals surface area contributed by atoms with Gasteiger partial charge < -0.3 is 10.6 Å². The molecule has 0 unspecified atom stereocenters. The van der Waals surface area contributed by atoms with Crippen LogP contribution in [0.5, 0.6) is 0 Å². The van der Waals surface area contributed by atoms with Gasteiger partial charge in [-0.3, -0.25) is 9.59 Å². The Balaban J connectivity index is 1.86. The predicted octanol–water partition coefficient (Wildman–Crippen LogP) is 2.96. The first-order chi connectivity index (χ1) is 10.0. The molecule has 0 atom stereocenters. The molecular formula is C15H12BrFN2O2. The summed E-state index contributed by atoms with van der Waals surface area (Å²) in [7, 11) is 0. The van der Waals surface area contributed by atoms with E-state index in [1.807, 2.05) is 0 Å². The summed E-state index contributed by atoms with van der Waals surface area (Å²) in [5.41, 5.74) is 0.928. The van der Waals surface area contributed by atoms with Crippen molar-refractivity contribution in [2.24, 2.45) is 0 Å². The van der Waals surface area contributed by atoms with Crippen LogP contribution in [0.15, 0.2) is 53.0 Å². The van der Waals surface area contributed by atoms with Crippen LogP contribution in [-0.4, -0.2) is 18.4 Å². The number of amides is 2. The molecule has 2 rings (SSSR count). The van der Waals surface area contributed by atoms with E-state index in [9.17, 15) is 14.0 Å². The molecule has 4 nitrogen and oxygen atoms in total. The SMILES string of the molecule is O=C(CNC(=O)c1cccc(Br)c1)Nc1ccc(F)cc1. The van der Waals surface area contributed by atoms with Gasteiger partial charge in [-0.25, -0.2) is 4.39 Å². The maximum absolute atomic E-state index is 12.7. The molecule has 108 valence electrons. The van der Waals surface area contributed by atoms with Gasteiger partial charge in [-0.2, -0.15) is 0 Å². The van der Waals surface area contributed by atoms with E-state index in [-0.39, 0.29) is 24.2 Å². The van der Waals surface area contributed by atoms with Crippen molar-refractivity contribution in [1.82, 2.24) is 5.32 Å². The first-order valence-corrected chi connectivity index (χ1v) is 6.93. The summed E-state index contributed by atoms with van der Waals surface area (Å²) in [5, 5.41) is 5.07. The van der Waals surface area contributed by atoms with Crippen LogP contribution in [0.1, 0.15) is 10.4 Å². The van der Waals surface area contributed by atoms with Gasteiger partial charge in [0, 0.05) is 15.7 Å². The molecule has 0 heterocycles. The van der Waals surface area contributed by atoms with Crippen molar-refractivity contribution in [1.29, 1.82) is 0 Å². The van der Waals surface area contributed by atoms with Crippen LogP contribution in [0.4, 0.5) is 10.1 Å². The van der Waals surface area contributed by atoms with Crippen molar-refractivity contribution < 1.29 is 14.0 Å². The number of halogens is 2. The maximum atomic E-state index is 12.7. The molecule has 0 aliphatic rings. The molecule has 2 aromatic rings. The normalized spacial score (nSPS) is 10.0. The summed E-state index contributed by atoms with van der Waals surface area (Å²) >= 11 is 3.27. The van der Waals surface area contributed by atoms with Crippen LogP contribution in [-0.2, 0) is 4.79 Å². The average Bonchev–Trinajstić information content (AvgIpc) is 2.47. The highest BCUT2D eigenvalue weighted by Gasteiger charge is 2.08. The molecule has 0 fully saturated rings. The Morgan fingerprint density at radius 2 is 1.81 bits per heavy atom. The van der Waals surface area contributed by atoms with E-state index < -0.39 is 0 Å². The first kappa shape index (κ1) is 15.2. The number of anilines is 1. The fourth-order valence-corrected chi connectivity index (χ4v) is 2.03. The van der Waals surface area contributed by atoms with Crippen LogP contribution in [0.3, 0.4) is 0 Å². The third kappa shape index (κ3) is 4.68. The monoisotopic (exact) mass is 350 g/mol. The van der Waals surface area contributed by atoms with Crippen molar-refractivity contribution in [2.75, 3.05) is 11.9 Å². The van der Waals surface area contributed by atoms with Gasteiger partial charge in [0.05, 0.1) is 6.54 Å². The minimum Gasteiger partial charge on any atom is -0.343 e. The van der Waals surface area contributed by atoms with Gasteiger partial charge in [-0.05, 0) is 42.5 Å². The van der Waals surface area contributed by atoms with Crippen LogP contribution >= 0.6 is 15.9 Å². The van der Waals surface area contributed by atoms with Crippen molar-refractivity contribution >= 4 is 33.4 Å². The largest absolute Gasteiger partial charge is 0.343 e. The molecule has 2 aromatic carbocycles. The molecule has 21 heavy (non-hydrogen) atoms. The molecule has 0 bridgehead atoms. The number of nitrogens with one attached hydrogen (secondary N) is 2. The van der Waals surface area contributed by atoms with E-state index in [4.69, 9.17) is 0 Å². The van der Waals surface area contributed by atoms with Gasteiger partial charge >= 0.3 is 0 Å². The summed E-state index contributed by atoms with van der Waals surface area (Å²) in [6.45, 7) is -0.164. The Morgan fingerprint density at radius 3 is 2.48 bits per heavy atom. The van der Waals surface area contributed by atoms with Crippen molar-refractivity contribution in [3.8, 4) is 0 Å². The van der Waals surface area contributed by atoms with Gasteiger partial charge in [0.2, 0.25) is 5.91 Å². The fourth-order valence-electron chi connectivity index (χ4n) is 1.63. The van der Waals surface area contributed by atoms with Gasteiger partial charge in [-0.1, -0.05) is 22.0 Å². The highest BCUT2D eigenvalue weighted by atomic mass is 79.9. The number of benzene rings is 2. The summed E-state index contributed by atoms with van der Waals surface area (Å²) in [6.07, 6.45) is 0. The summed E-state index contributed by atoms with van der Waals surface area (Å²) < 4.78 is 13.5. The molecular weight excluding hydrogens is 339 g/mol. The number of rotatable bonds is 4. The predicted molar refractivity (Wildman–Crippen MR) is 81.5 cm³/mol. The molecule has 0 aliphatic heterocycles. The number of carbonyl (C=O) groups excluding carboxylic acids is 2. The number of hydrogen-bond donors (Lipinski definition) is 2. The van der Waals surface area contributed by atoms with Crippen LogP contribution in [0.2, 0.25) is 0 Å². The Morgan fingerprint density at radius 1 is 1.10 bits per heavy atom.